The van der Waals surface area contributed by atoms with Crippen LogP contribution in [0.25, 0.3) is 0 Å². The van der Waals surface area contributed by atoms with Crippen molar-refractivity contribution in [3.05, 3.63) is 34.9 Å². The number of carbonyl (C=O) groups excluding carboxylic acids is 2. The Balaban J connectivity index is 1.59. The lowest BCUT2D eigenvalue weighted by molar-refractivity contribution is -0.132. The van der Waals surface area contributed by atoms with E-state index in [9.17, 15) is 9.59 Å². The average Bonchev–Trinajstić information content (AvgIpc) is 2.85. The highest BCUT2D eigenvalue weighted by molar-refractivity contribution is 6.33. The quantitative estimate of drug-likeness (QED) is 0.782. The summed E-state index contributed by atoms with van der Waals surface area (Å²) >= 11 is 6.17. The van der Waals surface area contributed by atoms with Crippen LogP contribution in [0.4, 0.5) is 0 Å². The Kier molecular flexibility index (Phi) is 6.51. The van der Waals surface area contributed by atoms with Crippen LogP contribution in [0.15, 0.2) is 24.3 Å². The minimum atomic E-state index is -0.0674. The van der Waals surface area contributed by atoms with Crippen molar-refractivity contribution >= 4 is 23.4 Å². The first-order valence-electron chi connectivity index (χ1n) is 9.17. The maximum Gasteiger partial charge on any atom is 0.255 e. The molecular formula is C19H26ClN3O3. The molecule has 2 fully saturated rings. The number of likely N-dealkylation sites (tertiary alicyclic amines) is 1. The number of carbonyl (C=O) groups is 2. The fraction of sp³-hybridized carbons (Fsp3) is 0.579. The molecule has 2 aliphatic rings. The lowest BCUT2D eigenvalue weighted by Gasteiger charge is -2.26. The summed E-state index contributed by atoms with van der Waals surface area (Å²) in [6.45, 7) is 4.85. The van der Waals surface area contributed by atoms with Gasteiger partial charge in [-0.3, -0.25) is 14.5 Å². The number of ether oxygens (including phenoxy) is 1. The minimum Gasteiger partial charge on any atom is -0.383 e. The Labute approximate surface area is 159 Å². The normalized spacial score (nSPS) is 21.9. The third-order valence-electron chi connectivity index (χ3n) is 5.20. The predicted molar refractivity (Wildman–Crippen MR) is 100 cm³/mol. The van der Waals surface area contributed by atoms with Gasteiger partial charge >= 0.3 is 0 Å². The van der Waals surface area contributed by atoms with Crippen molar-refractivity contribution in [3.63, 3.8) is 0 Å². The number of amides is 2. The first kappa shape index (κ1) is 19.1. The molecule has 0 bridgehead atoms. The second-order valence-electron chi connectivity index (χ2n) is 6.78. The zero-order chi connectivity index (χ0) is 18.5. The van der Waals surface area contributed by atoms with Gasteiger partial charge in [0.1, 0.15) is 0 Å². The number of halogens is 1. The van der Waals surface area contributed by atoms with Crippen LogP contribution in [-0.2, 0) is 9.53 Å². The van der Waals surface area contributed by atoms with Gasteiger partial charge in [0, 0.05) is 46.4 Å². The zero-order valence-electron chi connectivity index (χ0n) is 15.2. The molecule has 26 heavy (non-hydrogen) atoms. The van der Waals surface area contributed by atoms with E-state index in [-0.39, 0.29) is 17.9 Å². The van der Waals surface area contributed by atoms with Crippen LogP contribution in [0.3, 0.4) is 0 Å². The molecule has 0 unspecified atom stereocenters. The lowest BCUT2D eigenvalue weighted by atomic mass is 10.2. The summed E-state index contributed by atoms with van der Waals surface area (Å²) in [6.07, 6.45) is 1.71. The van der Waals surface area contributed by atoms with E-state index in [1.807, 2.05) is 21.9 Å². The van der Waals surface area contributed by atoms with Crippen LogP contribution in [-0.4, -0.2) is 85.5 Å². The van der Waals surface area contributed by atoms with Crippen LogP contribution in [0.2, 0.25) is 5.02 Å². The van der Waals surface area contributed by atoms with E-state index < -0.39 is 0 Å². The average molecular weight is 380 g/mol. The maximum absolute atomic E-state index is 12.8. The first-order chi connectivity index (χ1) is 12.6. The Morgan fingerprint density at radius 3 is 2.77 bits per heavy atom. The predicted octanol–water partition coefficient (Wildman–Crippen LogP) is 1.74. The van der Waals surface area contributed by atoms with Crippen LogP contribution >= 0.6 is 11.6 Å². The molecule has 0 radical (unpaired) electrons. The van der Waals surface area contributed by atoms with Gasteiger partial charge in [0.2, 0.25) is 5.91 Å². The smallest absolute Gasteiger partial charge is 0.255 e. The van der Waals surface area contributed by atoms with E-state index in [4.69, 9.17) is 16.3 Å². The third kappa shape index (κ3) is 4.19. The van der Waals surface area contributed by atoms with Gasteiger partial charge in [-0.2, -0.15) is 0 Å². The van der Waals surface area contributed by atoms with E-state index in [0.717, 1.165) is 25.9 Å². The highest BCUT2D eigenvalue weighted by Crippen LogP contribution is 2.21. The molecule has 0 saturated carbocycles. The van der Waals surface area contributed by atoms with Gasteiger partial charge < -0.3 is 14.5 Å². The molecule has 1 aromatic carbocycles. The largest absolute Gasteiger partial charge is 0.383 e. The number of nitrogens with zero attached hydrogens (tertiary/aromatic N) is 3. The van der Waals surface area contributed by atoms with Gasteiger partial charge in [-0.1, -0.05) is 23.7 Å². The van der Waals surface area contributed by atoms with Crippen LogP contribution in [0.1, 0.15) is 23.2 Å². The molecule has 3 rings (SSSR count). The fourth-order valence-corrected chi connectivity index (χ4v) is 3.96. The van der Waals surface area contributed by atoms with Crippen LogP contribution < -0.4 is 0 Å². The molecule has 0 aromatic heterocycles. The van der Waals surface area contributed by atoms with Gasteiger partial charge in [-0.15, -0.1) is 0 Å². The summed E-state index contributed by atoms with van der Waals surface area (Å²) in [5.74, 6) is 0.157. The van der Waals surface area contributed by atoms with Crippen LogP contribution in [0.5, 0.6) is 0 Å². The molecule has 1 aromatic rings. The first-order valence-corrected chi connectivity index (χ1v) is 9.55. The Morgan fingerprint density at radius 1 is 1.19 bits per heavy atom. The van der Waals surface area contributed by atoms with Crippen molar-refractivity contribution in [1.82, 2.24) is 14.7 Å². The van der Waals surface area contributed by atoms with Crippen molar-refractivity contribution in [2.24, 2.45) is 0 Å². The minimum absolute atomic E-state index is 0.0306. The number of methoxy groups -OCH3 is 1. The molecule has 0 aliphatic carbocycles. The highest BCUT2D eigenvalue weighted by Gasteiger charge is 2.36. The number of hydrogen-bond donors (Lipinski definition) is 0. The molecular weight excluding hydrogens is 354 g/mol. The number of benzene rings is 1. The summed E-state index contributed by atoms with van der Waals surface area (Å²) in [5.41, 5.74) is 0.547. The Morgan fingerprint density at radius 2 is 2.00 bits per heavy atom. The second-order valence-corrected chi connectivity index (χ2v) is 7.19. The number of hydrogen-bond acceptors (Lipinski definition) is 4. The standard InChI is InChI=1S/C19H26ClN3O3/c1-26-14-13-23-10-7-17(19(23)25)21-8-4-9-22(12-11-21)18(24)15-5-2-3-6-16(15)20/h2-3,5-6,17H,4,7-14H2,1H3/t17-/m1/s1. The van der Waals surface area contributed by atoms with E-state index >= 15 is 0 Å². The van der Waals surface area contributed by atoms with E-state index in [1.165, 1.54) is 0 Å². The SMILES string of the molecule is COCCN1CC[C@@H](N2CCCN(C(=O)c3ccccc3Cl)CC2)C1=O. The summed E-state index contributed by atoms with van der Waals surface area (Å²) in [5, 5.41) is 0.485. The van der Waals surface area contributed by atoms with Crippen molar-refractivity contribution in [3.8, 4) is 0 Å². The third-order valence-corrected chi connectivity index (χ3v) is 5.53. The van der Waals surface area contributed by atoms with Gasteiger partial charge in [-0.05, 0) is 25.0 Å². The van der Waals surface area contributed by atoms with Gasteiger partial charge in [0.15, 0.2) is 0 Å². The second kappa shape index (κ2) is 8.84. The fourth-order valence-electron chi connectivity index (χ4n) is 3.74. The highest BCUT2D eigenvalue weighted by atomic mass is 35.5. The molecule has 2 saturated heterocycles. The van der Waals surface area contributed by atoms with Crippen LogP contribution in [0, 0.1) is 0 Å². The molecule has 2 heterocycles. The topological polar surface area (TPSA) is 53.1 Å². The zero-order valence-corrected chi connectivity index (χ0v) is 16.0. The molecule has 7 heteroatoms. The van der Waals surface area contributed by atoms with Crippen molar-refractivity contribution in [1.29, 1.82) is 0 Å². The molecule has 6 nitrogen and oxygen atoms in total. The maximum atomic E-state index is 12.8. The van der Waals surface area contributed by atoms with Gasteiger partial charge in [-0.25, -0.2) is 0 Å². The molecule has 0 N–H and O–H groups in total. The number of rotatable bonds is 5. The molecule has 142 valence electrons. The molecule has 1 atom stereocenters. The van der Waals surface area contributed by atoms with Crippen molar-refractivity contribution in [2.75, 3.05) is 53.0 Å². The summed E-state index contributed by atoms with van der Waals surface area (Å²) in [4.78, 5) is 31.4. The molecule has 2 amide bonds. The monoisotopic (exact) mass is 379 g/mol. The molecule has 2 aliphatic heterocycles. The van der Waals surface area contributed by atoms with Gasteiger partial charge in [0.25, 0.3) is 5.91 Å². The van der Waals surface area contributed by atoms with E-state index in [2.05, 4.69) is 4.90 Å². The summed E-state index contributed by atoms with van der Waals surface area (Å²) in [7, 11) is 1.65. The van der Waals surface area contributed by atoms with Crippen molar-refractivity contribution < 1.29 is 14.3 Å². The Bertz CT molecular complexity index is 655. The van der Waals surface area contributed by atoms with Crippen molar-refractivity contribution in [2.45, 2.75) is 18.9 Å². The lowest BCUT2D eigenvalue weighted by Crippen LogP contribution is -2.44. The van der Waals surface area contributed by atoms with E-state index in [1.54, 1.807) is 19.2 Å². The molecule has 0 spiro atoms. The Hall–Kier alpha value is -1.63. The van der Waals surface area contributed by atoms with Gasteiger partial charge in [0.05, 0.1) is 23.2 Å². The summed E-state index contributed by atoms with van der Waals surface area (Å²) in [6, 6.07) is 7.09. The van der Waals surface area contributed by atoms with E-state index in [0.29, 0.717) is 43.4 Å². The summed E-state index contributed by atoms with van der Waals surface area (Å²) < 4.78 is 5.08.